The van der Waals surface area contributed by atoms with Crippen molar-refractivity contribution >= 4 is 29.7 Å². The fraction of sp³-hybridized carbons (Fsp3) is 0.222. The van der Waals surface area contributed by atoms with Gasteiger partial charge >= 0.3 is 0 Å². The Hall–Kier alpha value is -3.81. The van der Waals surface area contributed by atoms with Crippen molar-refractivity contribution in [3.05, 3.63) is 95.3 Å². The molecule has 2 amide bonds. The summed E-state index contributed by atoms with van der Waals surface area (Å²) in [5.41, 5.74) is 3.75. The molecule has 7 heteroatoms. The van der Waals surface area contributed by atoms with Gasteiger partial charge < -0.3 is 15.3 Å². The smallest absolute Gasteiger partial charge is 0.274 e. The molecular weight excluding hydrogens is 428 g/mol. The van der Waals surface area contributed by atoms with Gasteiger partial charge in [-0.15, -0.1) is 0 Å². The molecule has 1 aliphatic rings. The number of nitrogens with one attached hydrogen (secondary N) is 1. The number of anilines is 1. The van der Waals surface area contributed by atoms with E-state index in [2.05, 4.69) is 15.2 Å². The summed E-state index contributed by atoms with van der Waals surface area (Å²) in [5.74, 6) is -0.201. The van der Waals surface area contributed by atoms with Gasteiger partial charge in [0.1, 0.15) is 5.69 Å². The molecule has 2 heterocycles. The number of rotatable bonds is 7. The number of amides is 2. The van der Waals surface area contributed by atoms with E-state index in [9.17, 15) is 9.59 Å². The highest BCUT2D eigenvalue weighted by atomic mass is 16.3. The lowest BCUT2D eigenvalue weighted by Gasteiger charge is -2.34. The van der Waals surface area contributed by atoms with Gasteiger partial charge in [-0.05, 0) is 47.5 Å². The van der Waals surface area contributed by atoms with Gasteiger partial charge in [0, 0.05) is 50.2 Å². The Morgan fingerprint density at radius 1 is 0.882 bits per heavy atom. The van der Waals surface area contributed by atoms with Crippen molar-refractivity contribution in [1.82, 2.24) is 14.8 Å². The van der Waals surface area contributed by atoms with E-state index in [0.717, 1.165) is 24.2 Å². The fourth-order valence-electron chi connectivity index (χ4n) is 3.80. The van der Waals surface area contributed by atoms with Crippen molar-refractivity contribution in [2.45, 2.75) is 0 Å². The molecule has 1 aromatic heterocycles. The molecule has 2 aromatic carbocycles. The molecule has 0 saturated carbocycles. The Kier molecular flexibility index (Phi) is 7.80. The maximum Gasteiger partial charge on any atom is 0.274 e. The molecule has 2 N–H and O–H groups in total. The van der Waals surface area contributed by atoms with Crippen LogP contribution >= 0.6 is 0 Å². The molecule has 0 aliphatic carbocycles. The zero-order chi connectivity index (χ0) is 23.8. The minimum atomic E-state index is -0.245. The number of pyridine rings is 1. The molecular formula is C27H28N4O3. The summed E-state index contributed by atoms with van der Waals surface area (Å²) in [5, 5.41) is 11.9. The summed E-state index contributed by atoms with van der Waals surface area (Å²) < 4.78 is 0. The van der Waals surface area contributed by atoms with E-state index in [0.29, 0.717) is 36.6 Å². The van der Waals surface area contributed by atoms with Crippen LogP contribution in [0.3, 0.4) is 0 Å². The lowest BCUT2D eigenvalue weighted by atomic mass is 10.1. The van der Waals surface area contributed by atoms with E-state index in [1.54, 1.807) is 24.4 Å². The SMILES string of the molecule is O=C(Nc1ccc(/C=C/c2ccc(C(=O)N3CCN(CCO)CC3)cc2)cc1)c1ccccn1. The molecule has 7 nitrogen and oxygen atoms in total. The monoisotopic (exact) mass is 456 g/mol. The quantitative estimate of drug-likeness (QED) is 0.533. The Bertz CT molecular complexity index is 1120. The van der Waals surface area contributed by atoms with Crippen molar-refractivity contribution < 1.29 is 14.7 Å². The Morgan fingerprint density at radius 2 is 1.53 bits per heavy atom. The molecule has 1 aliphatic heterocycles. The summed E-state index contributed by atoms with van der Waals surface area (Å²) in [6.07, 6.45) is 5.57. The molecule has 1 saturated heterocycles. The normalized spacial score (nSPS) is 14.3. The number of nitrogens with zero attached hydrogens (tertiary/aromatic N) is 3. The highest BCUT2D eigenvalue weighted by molar-refractivity contribution is 6.02. The number of aromatic nitrogens is 1. The first-order valence-electron chi connectivity index (χ1n) is 11.4. The summed E-state index contributed by atoms with van der Waals surface area (Å²) in [6.45, 7) is 3.75. The van der Waals surface area contributed by atoms with Crippen LogP contribution in [0.1, 0.15) is 32.0 Å². The van der Waals surface area contributed by atoms with Crippen LogP contribution in [0.4, 0.5) is 5.69 Å². The summed E-state index contributed by atoms with van der Waals surface area (Å²) >= 11 is 0. The van der Waals surface area contributed by atoms with Crippen molar-refractivity contribution in [2.75, 3.05) is 44.6 Å². The van der Waals surface area contributed by atoms with Gasteiger partial charge in [0.05, 0.1) is 6.61 Å². The van der Waals surface area contributed by atoms with Gasteiger partial charge in [-0.1, -0.05) is 42.5 Å². The van der Waals surface area contributed by atoms with Gasteiger partial charge in [0.25, 0.3) is 11.8 Å². The third-order valence-corrected chi connectivity index (χ3v) is 5.77. The number of hydrogen-bond acceptors (Lipinski definition) is 5. The Labute approximate surface area is 199 Å². The molecule has 0 spiro atoms. The molecule has 0 unspecified atom stereocenters. The summed E-state index contributed by atoms with van der Waals surface area (Å²) in [7, 11) is 0. The second-order valence-corrected chi connectivity index (χ2v) is 8.10. The third kappa shape index (κ3) is 6.15. The largest absolute Gasteiger partial charge is 0.395 e. The highest BCUT2D eigenvalue weighted by Gasteiger charge is 2.21. The predicted octanol–water partition coefficient (Wildman–Crippen LogP) is 3.25. The molecule has 1 fully saturated rings. The Morgan fingerprint density at radius 3 is 2.12 bits per heavy atom. The zero-order valence-corrected chi connectivity index (χ0v) is 18.9. The van der Waals surface area contributed by atoms with Crippen LogP contribution in [0.15, 0.2) is 72.9 Å². The van der Waals surface area contributed by atoms with E-state index >= 15 is 0 Å². The number of piperazine rings is 1. The first-order chi connectivity index (χ1) is 16.6. The molecule has 174 valence electrons. The minimum absolute atomic E-state index is 0.0440. The predicted molar refractivity (Wildman–Crippen MR) is 133 cm³/mol. The van der Waals surface area contributed by atoms with Crippen molar-refractivity contribution in [3.63, 3.8) is 0 Å². The molecule has 0 radical (unpaired) electrons. The number of benzene rings is 2. The number of β-amino-alcohol motifs (C(OH)–C–C–N with tert-alkyl or cyclic N) is 1. The van der Waals surface area contributed by atoms with Crippen molar-refractivity contribution in [3.8, 4) is 0 Å². The molecule has 0 bridgehead atoms. The molecule has 34 heavy (non-hydrogen) atoms. The fourth-order valence-corrected chi connectivity index (χ4v) is 3.80. The first kappa shape index (κ1) is 23.4. The lowest BCUT2D eigenvalue weighted by molar-refractivity contribution is 0.0615. The molecule has 4 rings (SSSR count). The number of aliphatic hydroxyl groups is 1. The average molecular weight is 457 g/mol. The van der Waals surface area contributed by atoms with E-state index in [1.165, 1.54) is 0 Å². The third-order valence-electron chi connectivity index (χ3n) is 5.77. The lowest BCUT2D eigenvalue weighted by Crippen LogP contribution is -2.49. The number of carbonyl (C=O) groups is 2. The van der Waals surface area contributed by atoms with Crippen LogP contribution in [0.5, 0.6) is 0 Å². The van der Waals surface area contributed by atoms with Gasteiger partial charge in [-0.3, -0.25) is 19.5 Å². The zero-order valence-electron chi connectivity index (χ0n) is 18.9. The number of aliphatic hydroxyl groups excluding tert-OH is 1. The van der Waals surface area contributed by atoms with Crippen molar-refractivity contribution in [1.29, 1.82) is 0 Å². The van der Waals surface area contributed by atoms with E-state index in [1.807, 2.05) is 65.6 Å². The highest BCUT2D eigenvalue weighted by Crippen LogP contribution is 2.15. The van der Waals surface area contributed by atoms with Crippen LogP contribution in [0.25, 0.3) is 12.2 Å². The average Bonchev–Trinajstić information content (AvgIpc) is 2.89. The molecule has 3 aromatic rings. The van der Waals surface area contributed by atoms with Gasteiger partial charge in [-0.2, -0.15) is 0 Å². The van der Waals surface area contributed by atoms with Crippen LogP contribution in [-0.2, 0) is 0 Å². The van der Waals surface area contributed by atoms with E-state index in [4.69, 9.17) is 5.11 Å². The van der Waals surface area contributed by atoms with Crippen LogP contribution in [0, 0.1) is 0 Å². The number of carbonyl (C=O) groups excluding carboxylic acids is 2. The summed E-state index contributed by atoms with van der Waals surface area (Å²) in [4.78, 5) is 33.0. The van der Waals surface area contributed by atoms with Crippen molar-refractivity contribution in [2.24, 2.45) is 0 Å². The summed E-state index contributed by atoms with van der Waals surface area (Å²) in [6, 6.07) is 20.4. The Balaban J connectivity index is 1.31. The number of hydrogen-bond donors (Lipinski definition) is 2. The minimum Gasteiger partial charge on any atom is -0.395 e. The topological polar surface area (TPSA) is 85.8 Å². The second kappa shape index (κ2) is 11.4. The van der Waals surface area contributed by atoms with Gasteiger partial charge in [-0.25, -0.2) is 0 Å². The van der Waals surface area contributed by atoms with Crippen LogP contribution in [0.2, 0.25) is 0 Å². The maximum absolute atomic E-state index is 12.8. The molecule has 0 atom stereocenters. The van der Waals surface area contributed by atoms with Gasteiger partial charge in [0.2, 0.25) is 0 Å². The van der Waals surface area contributed by atoms with Crippen LogP contribution in [-0.4, -0.2) is 71.0 Å². The standard InChI is InChI=1S/C27H28N4O3/c32-20-19-30-15-17-31(18-16-30)27(34)23-10-6-21(7-11-23)4-5-22-8-12-24(13-9-22)29-26(33)25-3-1-2-14-28-25/h1-14,32H,15-20H2,(H,29,33)/b5-4+. The van der Waals surface area contributed by atoms with Crippen LogP contribution < -0.4 is 5.32 Å². The van der Waals surface area contributed by atoms with Gasteiger partial charge in [0.15, 0.2) is 0 Å². The van der Waals surface area contributed by atoms with E-state index in [-0.39, 0.29) is 18.4 Å². The van der Waals surface area contributed by atoms with E-state index < -0.39 is 0 Å². The first-order valence-corrected chi connectivity index (χ1v) is 11.4. The maximum atomic E-state index is 12.8. The second-order valence-electron chi connectivity index (χ2n) is 8.10.